The molecular formula is C21H23BrN2O4S. The lowest BCUT2D eigenvalue weighted by Crippen LogP contribution is -2.39. The minimum Gasteiger partial charge on any atom is -0.376 e. The van der Waals surface area contributed by atoms with E-state index in [1.807, 2.05) is 12.1 Å². The first-order chi connectivity index (χ1) is 13.9. The van der Waals surface area contributed by atoms with E-state index < -0.39 is 15.4 Å². The van der Waals surface area contributed by atoms with Gasteiger partial charge < -0.3 is 10.1 Å². The van der Waals surface area contributed by atoms with Crippen LogP contribution in [0.15, 0.2) is 57.9 Å². The van der Waals surface area contributed by atoms with E-state index in [1.54, 1.807) is 36.4 Å². The lowest BCUT2D eigenvalue weighted by atomic mass is 9.94. The van der Waals surface area contributed by atoms with Crippen molar-refractivity contribution in [3.05, 3.63) is 58.6 Å². The molecule has 2 aliphatic rings. The number of halogens is 1. The van der Waals surface area contributed by atoms with E-state index >= 15 is 0 Å². The van der Waals surface area contributed by atoms with Gasteiger partial charge in [-0.15, -0.1) is 0 Å². The van der Waals surface area contributed by atoms with Gasteiger partial charge in [0, 0.05) is 23.3 Å². The zero-order chi connectivity index (χ0) is 20.5. The van der Waals surface area contributed by atoms with Gasteiger partial charge in [-0.2, -0.15) is 0 Å². The van der Waals surface area contributed by atoms with Crippen LogP contribution in [0.1, 0.15) is 31.2 Å². The first kappa shape index (κ1) is 20.4. The number of hydrogen-bond acceptors (Lipinski definition) is 4. The zero-order valence-electron chi connectivity index (χ0n) is 15.9. The Labute approximate surface area is 179 Å². The van der Waals surface area contributed by atoms with E-state index in [2.05, 4.69) is 26.0 Å². The van der Waals surface area contributed by atoms with Crippen molar-refractivity contribution in [2.75, 3.05) is 17.9 Å². The summed E-state index contributed by atoms with van der Waals surface area (Å²) < 4.78 is 34.0. The Hall–Kier alpha value is -1.90. The van der Waals surface area contributed by atoms with Crippen LogP contribution in [0, 0.1) is 0 Å². The van der Waals surface area contributed by atoms with Gasteiger partial charge in [0.15, 0.2) is 0 Å². The number of amides is 1. The number of nitrogens with one attached hydrogen (secondary N) is 2. The molecule has 1 unspecified atom stereocenters. The number of ether oxygens (including phenoxy) is 1. The molecule has 0 aromatic heterocycles. The van der Waals surface area contributed by atoms with Crippen molar-refractivity contribution in [3.8, 4) is 0 Å². The Morgan fingerprint density at radius 2 is 1.79 bits per heavy atom. The Bertz CT molecular complexity index is 980. The second-order valence-corrected chi connectivity index (χ2v) is 10.2. The van der Waals surface area contributed by atoms with Gasteiger partial charge in [0.2, 0.25) is 5.91 Å². The van der Waals surface area contributed by atoms with Crippen molar-refractivity contribution < 1.29 is 17.9 Å². The van der Waals surface area contributed by atoms with Gasteiger partial charge >= 0.3 is 0 Å². The molecule has 2 aromatic rings. The summed E-state index contributed by atoms with van der Waals surface area (Å²) in [6.07, 6.45) is 3.75. The van der Waals surface area contributed by atoms with E-state index in [1.165, 1.54) is 0 Å². The molecule has 2 N–H and O–H groups in total. The third kappa shape index (κ3) is 4.49. The SMILES string of the molecule is O=C(NCC1CCCO1)C1(c2ccc(NS(=O)(=O)c3ccc(Br)cc3)cc2)CC1. The molecule has 0 spiro atoms. The van der Waals surface area contributed by atoms with Crippen LogP contribution in [-0.2, 0) is 25.0 Å². The van der Waals surface area contributed by atoms with Crippen LogP contribution in [0.4, 0.5) is 5.69 Å². The van der Waals surface area contributed by atoms with Crippen LogP contribution in [0.3, 0.4) is 0 Å². The van der Waals surface area contributed by atoms with Crippen LogP contribution in [0.5, 0.6) is 0 Å². The zero-order valence-corrected chi connectivity index (χ0v) is 18.3. The summed E-state index contributed by atoms with van der Waals surface area (Å²) in [4.78, 5) is 12.9. The quantitative estimate of drug-likeness (QED) is 0.636. The molecule has 1 saturated carbocycles. The summed E-state index contributed by atoms with van der Waals surface area (Å²) in [6.45, 7) is 1.31. The monoisotopic (exact) mass is 478 g/mol. The number of carbonyl (C=O) groups excluding carboxylic acids is 1. The molecular weight excluding hydrogens is 456 g/mol. The molecule has 1 aliphatic heterocycles. The van der Waals surface area contributed by atoms with Gasteiger partial charge in [0.25, 0.3) is 10.0 Å². The summed E-state index contributed by atoms with van der Waals surface area (Å²) in [5, 5.41) is 3.03. The largest absolute Gasteiger partial charge is 0.376 e. The highest BCUT2D eigenvalue weighted by molar-refractivity contribution is 9.10. The van der Waals surface area contributed by atoms with Crippen LogP contribution >= 0.6 is 15.9 Å². The smallest absolute Gasteiger partial charge is 0.261 e. The third-order valence-corrected chi connectivity index (χ3v) is 7.44. The third-order valence-electron chi connectivity index (χ3n) is 5.51. The molecule has 1 heterocycles. The van der Waals surface area contributed by atoms with E-state index in [4.69, 9.17) is 4.74 Å². The highest BCUT2D eigenvalue weighted by Gasteiger charge is 2.51. The van der Waals surface area contributed by atoms with Gasteiger partial charge in [-0.3, -0.25) is 9.52 Å². The molecule has 6 nitrogen and oxygen atoms in total. The summed E-state index contributed by atoms with van der Waals surface area (Å²) in [6, 6.07) is 13.5. The Morgan fingerprint density at radius 1 is 1.10 bits per heavy atom. The average molecular weight is 479 g/mol. The number of rotatable bonds is 7. The van der Waals surface area contributed by atoms with Crippen LogP contribution in [-0.4, -0.2) is 33.6 Å². The molecule has 0 radical (unpaired) electrons. The molecule has 0 bridgehead atoms. The number of benzene rings is 2. The van der Waals surface area contributed by atoms with E-state index in [0.29, 0.717) is 12.2 Å². The fourth-order valence-corrected chi connectivity index (χ4v) is 4.96. The molecule has 1 saturated heterocycles. The molecule has 8 heteroatoms. The van der Waals surface area contributed by atoms with Crippen molar-refractivity contribution in [2.24, 2.45) is 0 Å². The van der Waals surface area contributed by atoms with Crippen molar-refractivity contribution in [1.82, 2.24) is 5.32 Å². The molecule has 2 fully saturated rings. The summed E-state index contributed by atoms with van der Waals surface area (Å²) in [5.74, 6) is 0.0243. The van der Waals surface area contributed by atoms with Gasteiger partial charge in [-0.05, 0) is 67.6 Å². The van der Waals surface area contributed by atoms with Gasteiger partial charge in [0.1, 0.15) is 0 Å². The maximum atomic E-state index is 12.7. The van der Waals surface area contributed by atoms with Crippen LogP contribution < -0.4 is 10.0 Å². The predicted octanol–water partition coefficient (Wildman–Crippen LogP) is 3.58. The lowest BCUT2D eigenvalue weighted by molar-refractivity contribution is -0.124. The second kappa shape index (κ2) is 8.08. The lowest BCUT2D eigenvalue weighted by Gasteiger charge is -2.18. The first-order valence-electron chi connectivity index (χ1n) is 9.68. The first-order valence-corrected chi connectivity index (χ1v) is 12.0. The molecule has 1 amide bonds. The fourth-order valence-electron chi connectivity index (χ4n) is 3.64. The fraction of sp³-hybridized carbons (Fsp3) is 0.381. The topological polar surface area (TPSA) is 84.5 Å². The maximum absolute atomic E-state index is 12.7. The molecule has 4 rings (SSSR count). The van der Waals surface area contributed by atoms with Crippen molar-refractivity contribution >= 4 is 37.5 Å². The standard InChI is InChI=1S/C21H23BrN2O4S/c22-16-5-9-19(10-6-16)29(26,27)24-17-7-3-15(4-8-17)21(11-12-21)20(25)23-14-18-2-1-13-28-18/h3-10,18,24H,1-2,11-14H2,(H,23,25). The predicted molar refractivity (Wildman–Crippen MR) is 114 cm³/mol. The minimum absolute atomic E-state index is 0.0243. The highest BCUT2D eigenvalue weighted by Crippen LogP contribution is 2.48. The summed E-state index contributed by atoms with van der Waals surface area (Å²) in [7, 11) is -3.66. The second-order valence-electron chi connectivity index (χ2n) is 7.56. The molecule has 29 heavy (non-hydrogen) atoms. The molecule has 1 aliphatic carbocycles. The average Bonchev–Trinajstić information content (AvgIpc) is 3.35. The number of anilines is 1. The normalized spacial score (nSPS) is 20.2. The summed E-state index contributed by atoms with van der Waals surface area (Å²) in [5.41, 5.74) is 0.878. The molecule has 154 valence electrons. The number of carbonyl (C=O) groups is 1. The van der Waals surface area contributed by atoms with E-state index in [0.717, 1.165) is 42.3 Å². The van der Waals surface area contributed by atoms with Crippen molar-refractivity contribution in [3.63, 3.8) is 0 Å². The Balaban J connectivity index is 1.42. The van der Waals surface area contributed by atoms with Gasteiger partial charge in [-0.1, -0.05) is 28.1 Å². The minimum atomic E-state index is -3.66. The summed E-state index contributed by atoms with van der Waals surface area (Å²) >= 11 is 3.30. The maximum Gasteiger partial charge on any atom is 0.261 e. The van der Waals surface area contributed by atoms with E-state index in [-0.39, 0.29) is 16.9 Å². The van der Waals surface area contributed by atoms with Gasteiger partial charge in [-0.25, -0.2) is 8.42 Å². The van der Waals surface area contributed by atoms with Crippen molar-refractivity contribution in [1.29, 1.82) is 0 Å². The van der Waals surface area contributed by atoms with Crippen LogP contribution in [0.25, 0.3) is 0 Å². The Kier molecular flexibility index (Phi) is 5.68. The molecule has 2 aromatic carbocycles. The van der Waals surface area contributed by atoms with Gasteiger partial charge in [0.05, 0.1) is 16.4 Å². The number of sulfonamides is 1. The highest BCUT2D eigenvalue weighted by atomic mass is 79.9. The Morgan fingerprint density at radius 3 is 2.38 bits per heavy atom. The number of hydrogen-bond donors (Lipinski definition) is 2. The molecule has 1 atom stereocenters. The van der Waals surface area contributed by atoms with E-state index in [9.17, 15) is 13.2 Å². The van der Waals surface area contributed by atoms with Crippen LogP contribution in [0.2, 0.25) is 0 Å². The van der Waals surface area contributed by atoms with Crippen molar-refractivity contribution in [2.45, 2.75) is 42.1 Å².